The Bertz CT molecular complexity index is 1690. The van der Waals surface area contributed by atoms with Crippen LogP contribution >= 0.6 is 11.6 Å². The SMILES string of the molecule is CCC(OC1CCC(C(C)(C)CC)CC1C(C)(C)CC)C(=O)NC1CCC(Cl)C(NC(=O)C2(C(=O)C(C)(C)C)C(=O)Nc3nccn3N2C2CCC(N(CC)CC)CC2C)C1. The van der Waals surface area contributed by atoms with Crippen molar-refractivity contribution in [1.29, 1.82) is 0 Å². The van der Waals surface area contributed by atoms with Gasteiger partial charge in [0.15, 0.2) is 5.78 Å². The fourth-order valence-electron chi connectivity index (χ4n) is 11.2. The predicted octanol–water partition coefficient (Wildman–Crippen LogP) is 8.24. The number of hydrogen-bond donors (Lipinski definition) is 3. The molecule has 11 unspecified atom stereocenters. The molecule has 3 saturated carbocycles. The van der Waals surface area contributed by atoms with Gasteiger partial charge in [-0.3, -0.25) is 29.5 Å². The molecule has 3 fully saturated rings. The first-order chi connectivity index (χ1) is 28.6. The summed E-state index contributed by atoms with van der Waals surface area (Å²) < 4.78 is 8.55. The maximum atomic E-state index is 15.3. The van der Waals surface area contributed by atoms with Crippen molar-refractivity contribution in [3.63, 3.8) is 0 Å². The molecule has 4 aliphatic rings. The van der Waals surface area contributed by atoms with Crippen molar-refractivity contribution in [2.45, 2.75) is 214 Å². The third-order valence-corrected chi connectivity index (χ3v) is 16.5. The summed E-state index contributed by atoms with van der Waals surface area (Å²) in [6, 6.07) is -0.837. The van der Waals surface area contributed by atoms with Gasteiger partial charge < -0.3 is 20.3 Å². The van der Waals surface area contributed by atoms with Crippen molar-refractivity contribution in [1.82, 2.24) is 25.2 Å². The topological polar surface area (TPSA) is 138 Å². The van der Waals surface area contributed by atoms with Crippen LogP contribution in [0.3, 0.4) is 0 Å². The zero-order valence-electron chi connectivity index (χ0n) is 40.0. The second-order valence-electron chi connectivity index (χ2n) is 21.4. The summed E-state index contributed by atoms with van der Waals surface area (Å²) in [4.78, 5) is 66.1. The lowest BCUT2D eigenvalue weighted by atomic mass is 9.60. The van der Waals surface area contributed by atoms with E-state index < -0.39 is 46.1 Å². The van der Waals surface area contributed by atoms with Gasteiger partial charge in [0.25, 0.3) is 17.4 Å². The number of Topliss-reactive ketones (excluding diaryl/α,β-unsaturated/α-hetero) is 1. The number of anilines is 1. The van der Waals surface area contributed by atoms with Gasteiger partial charge in [-0.2, -0.15) is 0 Å². The molecule has 5 rings (SSSR count). The van der Waals surface area contributed by atoms with E-state index in [1.54, 1.807) is 42.8 Å². The molecule has 1 aromatic rings. The normalized spacial score (nSPS) is 31.9. The standard InChI is InChI=1S/C48H82ClN7O5/c1-14-38(61-39-24-19-31(46(10,11)15-2)28-34(39)47(12,13)16-3)40(57)51-32-20-22-35(49)36(29-32)52-42(59)48(41(58)45(7,8)9)43(60)53-44-50-25-26-55(44)56(48)37-23-21-33(27-30(37)6)54(17-4)18-5/h25-26,30-39H,14-24,27-29H2,1-13H3,(H,51,57)(H,52,59)(H,50,53,60). The number of halogens is 1. The number of nitrogens with one attached hydrogen (secondary N) is 3. The summed E-state index contributed by atoms with van der Waals surface area (Å²) in [6.45, 7) is 29.7. The van der Waals surface area contributed by atoms with Gasteiger partial charge in [-0.15, -0.1) is 11.6 Å². The minimum Gasteiger partial charge on any atom is -0.365 e. The number of nitrogens with zero attached hydrogens (tertiary/aromatic N) is 4. The lowest BCUT2D eigenvalue weighted by molar-refractivity contribution is -0.150. The summed E-state index contributed by atoms with van der Waals surface area (Å²) in [7, 11) is 0. The second-order valence-corrected chi connectivity index (χ2v) is 22.0. The first-order valence-corrected chi connectivity index (χ1v) is 24.4. The van der Waals surface area contributed by atoms with Crippen LogP contribution in [-0.4, -0.2) is 98.4 Å². The van der Waals surface area contributed by atoms with E-state index in [0.717, 1.165) is 58.0 Å². The number of rotatable bonds is 16. The van der Waals surface area contributed by atoms with Gasteiger partial charge in [0, 0.05) is 35.9 Å². The first-order valence-electron chi connectivity index (χ1n) is 23.9. The van der Waals surface area contributed by atoms with Crippen molar-refractivity contribution in [3.05, 3.63) is 12.4 Å². The molecule has 0 spiro atoms. The Balaban J connectivity index is 1.38. The average molecular weight is 873 g/mol. The van der Waals surface area contributed by atoms with Crippen LogP contribution in [0.15, 0.2) is 12.4 Å². The molecular weight excluding hydrogens is 790 g/mol. The monoisotopic (exact) mass is 872 g/mol. The van der Waals surface area contributed by atoms with Crippen LogP contribution in [0.25, 0.3) is 0 Å². The molecule has 3 N–H and O–H groups in total. The van der Waals surface area contributed by atoms with E-state index >= 15 is 9.59 Å². The second kappa shape index (κ2) is 19.6. The third-order valence-electron chi connectivity index (χ3n) is 16.0. The van der Waals surface area contributed by atoms with E-state index in [1.807, 2.05) is 6.92 Å². The molecule has 346 valence electrons. The van der Waals surface area contributed by atoms with Gasteiger partial charge in [0.05, 0.1) is 17.5 Å². The molecule has 1 aliphatic heterocycles. The highest BCUT2D eigenvalue weighted by molar-refractivity contribution is 6.34. The van der Waals surface area contributed by atoms with Crippen LogP contribution in [0.5, 0.6) is 0 Å². The highest BCUT2D eigenvalue weighted by atomic mass is 35.5. The summed E-state index contributed by atoms with van der Waals surface area (Å²) in [5.41, 5.74) is -2.98. The van der Waals surface area contributed by atoms with Crippen molar-refractivity contribution in [2.24, 2.45) is 34.0 Å². The summed E-state index contributed by atoms with van der Waals surface area (Å²) in [5, 5.41) is 10.6. The Morgan fingerprint density at radius 1 is 0.918 bits per heavy atom. The average Bonchev–Trinajstić information content (AvgIpc) is 3.68. The number of carbonyl (C=O) groups is 4. The van der Waals surface area contributed by atoms with E-state index in [2.05, 4.69) is 88.1 Å². The Hall–Kier alpha value is -2.70. The minimum absolute atomic E-state index is 0.00712. The zero-order chi connectivity index (χ0) is 45.2. The van der Waals surface area contributed by atoms with Crippen LogP contribution in [0, 0.1) is 34.0 Å². The Kier molecular flexibility index (Phi) is 15.8. The summed E-state index contributed by atoms with van der Waals surface area (Å²) >= 11 is 7.04. The highest BCUT2D eigenvalue weighted by Crippen LogP contribution is 2.50. The maximum Gasteiger partial charge on any atom is 0.272 e. The number of aromatic nitrogens is 2. The van der Waals surface area contributed by atoms with Gasteiger partial charge >= 0.3 is 0 Å². The molecule has 3 amide bonds. The number of fused-ring (bicyclic) bond motifs is 1. The van der Waals surface area contributed by atoms with Gasteiger partial charge in [0.2, 0.25) is 11.9 Å². The van der Waals surface area contributed by atoms with Crippen LogP contribution in [-0.2, 0) is 23.9 Å². The van der Waals surface area contributed by atoms with E-state index in [0.29, 0.717) is 50.0 Å². The number of ether oxygens (including phenoxy) is 1. The molecule has 61 heavy (non-hydrogen) atoms. The predicted molar refractivity (Wildman–Crippen MR) is 245 cm³/mol. The Morgan fingerprint density at radius 2 is 1.59 bits per heavy atom. The van der Waals surface area contributed by atoms with Crippen LogP contribution in [0.4, 0.5) is 5.95 Å². The van der Waals surface area contributed by atoms with Gasteiger partial charge in [-0.05, 0) is 106 Å². The van der Waals surface area contributed by atoms with Crippen LogP contribution < -0.4 is 21.0 Å². The zero-order valence-corrected chi connectivity index (χ0v) is 40.8. The fraction of sp³-hybridized carbons (Fsp3) is 0.854. The minimum atomic E-state index is -2.24. The number of hydrogen-bond acceptors (Lipinski definition) is 8. The number of alkyl halides is 1. The lowest BCUT2D eigenvalue weighted by Crippen LogP contribution is -2.80. The number of amides is 3. The molecule has 2 heterocycles. The van der Waals surface area contributed by atoms with Crippen molar-refractivity contribution < 1.29 is 23.9 Å². The van der Waals surface area contributed by atoms with E-state index in [-0.39, 0.29) is 46.8 Å². The third kappa shape index (κ3) is 10.0. The number of ketones is 1. The quantitative estimate of drug-likeness (QED) is 0.112. The molecule has 13 heteroatoms. The van der Waals surface area contributed by atoms with Gasteiger partial charge in [-0.1, -0.05) is 103 Å². The van der Waals surface area contributed by atoms with E-state index in [4.69, 9.17) is 16.3 Å². The lowest BCUT2D eigenvalue weighted by Gasteiger charge is -2.53. The van der Waals surface area contributed by atoms with Crippen molar-refractivity contribution >= 4 is 41.1 Å². The highest BCUT2D eigenvalue weighted by Gasteiger charge is 2.65. The van der Waals surface area contributed by atoms with Crippen LogP contribution in [0.2, 0.25) is 0 Å². The molecule has 0 saturated heterocycles. The molecule has 11 atom stereocenters. The molecular formula is C48H82ClN7O5. The summed E-state index contributed by atoms with van der Waals surface area (Å²) in [6.07, 6.45) is 12.5. The molecule has 1 aromatic heterocycles. The van der Waals surface area contributed by atoms with Crippen molar-refractivity contribution in [2.75, 3.05) is 23.4 Å². The summed E-state index contributed by atoms with van der Waals surface area (Å²) in [5.74, 6) is -0.784. The first kappa shape index (κ1) is 49.3. The van der Waals surface area contributed by atoms with E-state index in [9.17, 15) is 9.59 Å². The Labute approximate surface area is 373 Å². The molecule has 3 aliphatic carbocycles. The van der Waals surface area contributed by atoms with Gasteiger partial charge in [0.1, 0.15) is 6.10 Å². The van der Waals surface area contributed by atoms with E-state index in [1.165, 1.54) is 0 Å². The molecule has 12 nitrogen and oxygen atoms in total. The largest absolute Gasteiger partial charge is 0.365 e. The van der Waals surface area contributed by atoms with Crippen molar-refractivity contribution in [3.8, 4) is 0 Å². The van der Waals surface area contributed by atoms with Crippen LogP contribution in [0.1, 0.15) is 167 Å². The van der Waals surface area contributed by atoms with Gasteiger partial charge in [-0.25, -0.2) is 9.66 Å². The molecule has 0 aromatic carbocycles. The fourth-order valence-corrected chi connectivity index (χ4v) is 11.5. The smallest absolute Gasteiger partial charge is 0.272 e. The molecule has 0 radical (unpaired) electrons. The Morgan fingerprint density at radius 3 is 2.18 bits per heavy atom. The maximum absolute atomic E-state index is 15.3. The number of carbonyl (C=O) groups excluding carboxylic acids is 4. The number of imidazole rings is 1. The molecule has 0 bridgehead atoms.